The van der Waals surface area contributed by atoms with E-state index in [1.54, 1.807) is 0 Å². The van der Waals surface area contributed by atoms with Crippen LogP contribution in [0.1, 0.15) is 34.1 Å². The average molecular weight is 266 g/mol. The van der Waals surface area contributed by atoms with Crippen LogP contribution in [0.2, 0.25) is 0 Å². The number of halogens is 3. The first-order valence-corrected chi connectivity index (χ1v) is 6.74. The standard InChI is InChI=1S/C13H25F3N2/c1-9-5-10(2)12(4)18(7-9)11(3)6-17-8-13(14,15)16/h9-12,17H,5-8H2,1-4H3. The van der Waals surface area contributed by atoms with Crippen LogP contribution in [0.5, 0.6) is 0 Å². The molecule has 5 heteroatoms. The monoisotopic (exact) mass is 266 g/mol. The summed E-state index contributed by atoms with van der Waals surface area (Å²) in [4.78, 5) is 2.34. The van der Waals surface area contributed by atoms with E-state index >= 15 is 0 Å². The summed E-state index contributed by atoms with van der Waals surface area (Å²) in [6.45, 7) is 9.10. The summed E-state index contributed by atoms with van der Waals surface area (Å²) in [5.41, 5.74) is 0. The Labute approximate surface area is 108 Å². The fraction of sp³-hybridized carbons (Fsp3) is 1.00. The molecule has 1 rings (SSSR count). The lowest BCUT2D eigenvalue weighted by Crippen LogP contribution is -2.53. The van der Waals surface area contributed by atoms with Crippen molar-refractivity contribution in [2.24, 2.45) is 11.8 Å². The fourth-order valence-corrected chi connectivity index (χ4v) is 2.88. The number of hydrogen-bond acceptors (Lipinski definition) is 2. The summed E-state index contributed by atoms with van der Waals surface area (Å²) in [6, 6.07) is 0.594. The Kier molecular flexibility index (Phi) is 5.46. The van der Waals surface area contributed by atoms with Crippen LogP contribution < -0.4 is 5.32 Å². The molecule has 1 saturated heterocycles. The number of nitrogens with zero attached hydrogens (tertiary/aromatic N) is 1. The molecule has 0 spiro atoms. The molecule has 0 aromatic rings. The van der Waals surface area contributed by atoms with Crippen LogP contribution in [0.15, 0.2) is 0 Å². The van der Waals surface area contributed by atoms with Gasteiger partial charge in [0.05, 0.1) is 6.54 Å². The molecule has 0 aromatic heterocycles. The molecule has 4 unspecified atom stereocenters. The molecule has 0 radical (unpaired) electrons. The van der Waals surface area contributed by atoms with Gasteiger partial charge in [-0.25, -0.2) is 0 Å². The molecular formula is C13H25F3N2. The van der Waals surface area contributed by atoms with Crippen molar-refractivity contribution in [2.45, 2.75) is 52.4 Å². The Bertz CT molecular complexity index is 255. The lowest BCUT2D eigenvalue weighted by atomic mass is 9.85. The molecular weight excluding hydrogens is 241 g/mol. The second kappa shape index (κ2) is 6.24. The summed E-state index contributed by atoms with van der Waals surface area (Å²) in [7, 11) is 0. The highest BCUT2D eigenvalue weighted by Crippen LogP contribution is 2.28. The van der Waals surface area contributed by atoms with E-state index in [9.17, 15) is 13.2 Å². The smallest absolute Gasteiger partial charge is 0.307 e. The van der Waals surface area contributed by atoms with Gasteiger partial charge in [-0.3, -0.25) is 4.90 Å². The molecule has 0 amide bonds. The van der Waals surface area contributed by atoms with Gasteiger partial charge in [-0.05, 0) is 32.1 Å². The molecule has 0 saturated carbocycles. The molecule has 1 N–H and O–H groups in total. The number of alkyl halides is 3. The molecule has 2 nitrogen and oxygen atoms in total. The van der Waals surface area contributed by atoms with Crippen molar-refractivity contribution in [3.8, 4) is 0 Å². The second-order valence-corrected chi connectivity index (χ2v) is 5.85. The van der Waals surface area contributed by atoms with E-state index in [2.05, 4.69) is 31.0 Å². The summed E-state index contributed by atoms with van der Waals surface area (Å²) < 4.78 is 36.2. The number of nitrogens with one attached hydrogen (secondary N) is 1. The van der Waals surface area contributed by atoms with Gasteiger partial charge in [-0.15, -0.1) is 0 Å². The van der Waals surface area contributed by atoms with Crippen LogP contribution in [0.4, 0.5) is 13.2 Å². The number of likely N-dealkylation sites (tertiary alicyclic amines) is 1. The van der Waals surface area contributed by atoms with E-state index < -0.39 is 12.7 Å². The van der Waals surface area contributed by atoms with Gasteiger partial charge in [0.1, 0.15) is 0 Å². The molecule has 0 bridgehead atoms. The van der Waals surface area contributed by atoms with Gasteiger partial charge >= 0.3 is 6.18 Å². The van der Waals surface area contributed by atoms with Gasteiger partial charge in [-0.2, -0.15) is 13.2 Å². The predicted octanol–water partition coefficient (Wildman–Crippen LogP) is 2.89. The van der Waals surface area contributed by atoms with E-state index in [-0.39, 0.29) is 6.04 Å². The first-order valence-electron chi connectivity index (χ1n) is 6.74. The van der Waals surface area contributed by atoms with E-state index in [0.29, 0.717) is 24.4 Å². The van der Waals surface area contributed by atoms with Crippen molar-refractivity contribution >= 4 is 0 Å². The Hall–Kier alpha value is -0.290. The maximum absolute atomic E-state index is 12.1. The van der Waals surface area contributed by atoms with Crippen LogP contribution >= 0.6 is 0 Å². The zero-order valence-corrected chi connectivity index (χ0v) is 11.7. The van der Waals surface area contributed by atoms with Crippen LogP contribution in [0.25, 0.3) is 0 Å². The first kappa shape index (κ1) is 15.8. The second-order valence-electron chi connectivity index (χ2n) is 5.85. The van der Waals surface area contributed by atoms with Gasteiger partial charge in [-0.1, -0.05) is 13.8 Å². The number of piperidine rings is 1. The van der Waals surface area contributed by atoms with Crippen LogP contribution in [-0.2, 0) is 0 Å². The molecule has 1 fully saturated rings. The van der Waals surface area contributed by atoms with Crippen molar-refractivity contribution in [2.75, 3.05) is 19.6 Å². The van der Waals surface area contributed by atoms with Crippen LogP contribution in [0, 0.1) is 11.8 Å². The fourth-order valence-electron chi connectivity index (χ4n) is 2.88. The highest BCUT2D eigenvalue weighted by Gasteiger charge is 2.32. The molecule has 18 heavy (non-hydrogen) atoms. The third kappa shape index (κ3) is 4.76. The van der Waals surface area contributed by atoms with Crippen molar-refractivity contribution in [3.05, 3.63) is 0 Å². The summed E-state index contributed by atoms with van der Waals surface area (Å²) in [6.07, 6.45) is -2.91. The largest absolute Gasteiger partial charge is 0.401 e. The van der Waals surface area contributed by atoms with Crippen molar-refractivity contribution in [3.63, 3.8) is 0 Å². The number of rotatable bonds is 4. The SMILES string of the molecule is CC1CC(C)C(C)N(C(C)CNCC(F)(F)F)C1. The lowest BCUT2D eigenvalue weighted by molar-refractivity contribution is -0.125. The Balaban J connectivity index is 2.42. The van der Waals surface area contributed by atoms with Crippen molar-refractivity contribution in [1.29, 1.82) is 0 Å². The first-order chi connectivity index (χ1) is 8.20. The lowest BCUT2D eigenvalue weighted by Gasteiger charge is -2.44. The minimum atomic E-state index is -4.12. The van der Waals surface area contributed by atoms with Gasteiger partial charge in [0.25, 0.3) is 0 Å². The Morgan fingerprint density at radius 2 is 1.89 bits per heavy atom. The van der Waals surface area contributed by atoms with Gasteiger partial charge in [0.2, 0.25) is 0 Å². The minimum Gasteiger partial charge on any atom is -0.307 e. The molecule has 0 aliphatic carbocycles. The van der Waals surface area contributed by atoms with Gasteiger partial charge < -0.3 is 5.32 Å². The average Bonchev–Trinajstić information content (AvgIpc) is 2.21. The third-order valence-corrected chi connectivity index (χ3v) is 3.97. The highest BCUT2D eigenvalue weighted by molar-refractivity contribution is 4.85. The van der Waals surface area contributed by atoms with Crippen molar-refractivity contribution in [1.82, 2.24) is 10.2 Å². The summed E-state index contributed by atoms with van der Waals surface area (Å²) >= 11 is 0. The summed E-state index contributed by atoms with van der Waals surface area (Å²) in [5.74, 6) is 1.24. The molecule has 4 atom stereocenters. The van der Waals surface area contributed by atoms with Crippen LogP contribution in [0.3, 0.4) is 0 Å². The Morgan fingerprint density at radius 1 is 1.28 bits per heavy atom. The molecule has 108 valence electrons. The van der Waals surface area contributed by atoms with Crippen molar-refractivity contribution < 1.29 is 13.2 Å². The van der Waals surface area contributed by atoms with Gasteiger partial charge in [0, 0.05) is 25.2 Å². The molecule has 1 aliphatic heterocycles. The maximum atomic E-state index is 12.1. The maximum Gasteiger partial charge on any atom is 0.401 e. The topological polar surface area (TPSA) is 15.3 Å². The third-order valence-electron chi connectivity index (χ3n) is 3.97. The number of hydrogen-bond donors (Lipinski definition) is 1. The van der Waals surface area contributed by atoms with E-state index in [4.69, 9.17) is 0 Å². The minimum absolute atomic E-state index is 0.146. The van der Waals surface area contributed by atoms with Gasteiger partial charge in [0.15, 0.2) is 0 Å². The van der Waals surface area contributed by atoms with Crippen LogP contribution in [-0.4, -0.2) is 42.8 Å². The normalized spacial score (nSPS) is 32.5. The quantitative estimate of drug-likeness (QED) is 0.841. The highest BCUT2D eigenvalue weighted by atomic mass is 19.4. The van der Waals surface area contributed by atoms with E-state index in [1.165, 1.54) is 6.42 Å². The molecule has 1 heterocycles. The zero-order valence-electron chi connectivity index (χ0n) is 11.7. The van der Waals surface area contributed by atoms with E-state index in [1.807, 2.05) is 6.92 Å². The summed E-state index contributed by atoms with van der Waals surface area (Å²) in [5, 5.41) is 2.51. The molecule has 0 aromatic carbocycles. The molecule has 1 aliphatic rings. The zero-order chi connectivity index (χ0) is 13.9. The van der Waals surface area contributed by atoms with E-state index in [0.717, 1.165) is 6.54 Å². The predicted molar refractivity (Wildman–Crippen MR) is 67.5 cm³/mol. The Morgan fingerprint density at radius 3 is 2.44 bits per heavy atom.